The molecule has 0 spiro atoms. The Morgan fingerprint density at radius 1 is 1.15 bits per heavy atom. The molecular formula is C18H16FN3O4. The van der Waals surface area contributed by atoms with Crippen LogP contribution >= 0.6 is 0 Å². The maximum atomic E-state index is 13.2. The monoisotopic (exact) mass is 357 g/mol. The summed E-state index contributed by atoms with van der Waals surface area (Å²) in [4.78, 5) is 33.3. The molecule has 0 radical (unpaired) electrons. The van der Waals surface area contributed by atoms with Crippen molar-refractivity contribution in [3.8, 4) is 0 Å². The zero-order valence-electron chi connectivity index (χ0n) is 13.6. The Balaban J connectivity index is 1.78. The highest BCUT2D eigenvalue weighted by atomic mass is 19.1. The van der Waals surface area contributed by atoms with Crippen LogP contribution in [-0.4, -0.2) is 23.3 Å². The fourth-order valence-corrected chi connectivity index (χ4v) is 2.05. The van der Waals surface area contributed by atoms with E-state index in [0.29, 0.717) is 0 Å². The van der Waals surface area contributed by atoms with E-state index in [1.807, 2.05) is 30.3 Å². The van der Waals surface area contributed by atoms with E-state index in [1.54, 1.807) is 6.08 Å². The van der Waals surface area contributed by atoms with Crippen molar-refractivity contribution >= 4 is 29.3 Å². The molecule has 0 unspecified atom stereocenters. The first-order valence-electron chi connectivity index (χ1n) is 7.70. The van der Waals surface area contributed by atoms with Gasteiger partial charge in [0.1, 0.15) is 0 Å². The third-order valence-electron chi connectivity index (χ3n) is 3.30. The number of halogens is 1. The lowest BCUT2D eigenvalue weighted by Gasteiger charge is -2.06. The van der Waals surface area contributed by atoms with Crippen molar-refractivity contribution in [2.45, 2.75) is 6.42 Å². The van der Waals surface area contributed by atoms with E-state index in [4.69, 9.17) is 0 Å². The van der Waals surface area contributed by atoms with Crippen molar-refractivity contribution in [1.29, 1.82) is 0 Å². The van der Waals surface area contributed by atoms with Gasteiger partial charge in [-0.1, -0.05) is 30.3 Å². The van der Waals surface area contributed by atoms with Crippen molar-refractivity contribution in [2.24, 2.45) is 0 Å². The van der Waals surface area contributed by atoms with Crippen LogP contribution < -0.4 is 10.6 Å². The number of anilines is 1. The lowest BCUT2D eigenvalue weighted by molar-refractivity contribution is -0.387. The van der Waals surface area contributed by atoms with E-state index >= 15 is 0 Å². The molecule has 0 fully saturated rings. The summed E-state index contributed by atoms with van der Waals surface area (Å²) >= 11 is 0. The molecule has 0 saturated carbocycles. The topological polar surface area (TPSA) is 101 Å². The van der Waals surface area contributed by atoms with Crippen LogP contribution in [0.3, 0.4) is 0 Å². The number of nitro groups is 1. The lowest BCUT2D eigenvalue weighted by atomic mass is 10.2. The first kappa shape index (κ1) is 18.8. The minimum Gasteiger partial charge on any atom is -0.352 e. The molecule has 2 amide bonds. The van der Waals surface area contributed by atoms with Gasteiger partial charge in [0.15, 0.2) is 0 Å². The summed E-state index contributed by atoms with van der Waals surface area (Å²) in [5.41, 5.74) is 0.263. The molecule has 0 bridgehead atoms. The number of hydrogen-bond donors (Lipinski definition) is 2. The van der Waals surface area contributed by atoms with Crippen LogP contribution in [0.15, 0.2) is 54.6 Å². The third kappa shape index (κ3) is 5.82. The highest BCUT2D eigenvalue weighted by molar-refractivity contribution is 5.93. The molecule has 2 aromatic rings. The quantitative estimate of drug-likeness (QED) is 0.452. The highest BCUT2D eigenvalue weighted by Gasteiger charge is 2.15. The summed E-state index contributed by atoms with van der Waals surface area (Å²) < 4.78 is 13.2. The standard InChI is InChI=1S/C18H16FN3O4/c19-15-8-7-14(12-16(15)22(25)26)21-18(24)10-11-20-17(23)9-6-13-4-2-1-3-5-13/h1-9,12H,10-11H2,(H,20,23)(H,21,24). The molecule has 0 aliphatic carbocycles. The normalized spacial score (nSPS) is 10.5. The largest absolute Gasteiger partial charge is 0.352 e. The summed E-state index contributed by atoms with van der Waals surface area (Å²) in [6.07, 6.45) is 2.97. The van der Waals surface area contributed by atoms with E-state index in [-0.39, 0.29) is 24.6 Å². The lowest BCUT2D eigenvalue weighted by Crippen LogP contribution is -2.26. The summed E-state index contributed by atoms with van der Waals surface area (Å²) in [7, 11) is 0. The number of nitrogens with one attached hydrogen (secondary N) is 2. The number of amides is 2. The molecule has 0 aliphatic heterocycles. The second kappa shape index (κ2) is 9.07. The zero-order valence-corrected chi connectivity index (χ0v) is 13.6. The fraction of sp³-hybridized carbons (Fsp3) is 0.111. The van der Waals surface area contributed by atoms with E-state index in [0.717, 1.165) is 17.7 Å². The molecule has 0 atom stereocenters. The minimum absolute atomic E-state index is 0.0317. The maximum Gasteiger partial charge on any atom is 0.306 e. The molecule has 0 saturated heterocycles. The van der Waals surface area contributed by atoms with E-state index < -0.39 is 22.3 Å². The number of nitrogens with zero attached hydrogens (tertiary/aromatic N) is 1. The van der Waals surface area contributed by atoms with Gasteiger partial charge in [0, 0.05) is 30.8 Å². The van der Waals surface area contributed by atoms with Crippen LogP contribution in [0.1, 0.15) is 12.0 Å². The fourth-order valence-electron chi connectivity index (χ4n) is 2.05. The number of hydrogen-bond acceptors (Lipinski definition) is 4. The van der Waals surface area contributed by atoms with E-state index in [2.05, 4.69) is 10.6 Å². The van der Waals surface area contributed by atoms with Crippen LogP contribution in [0, 0.1) is 15.9 Å². The van der Waals surface area contributed by atoms with Crippen LogP contribution in [0.5, 0.6) is 0 Å². The second-order valence-electron chi connectivity index (χ2n) is 5.26. The van der Waals surface area contributed by atoms with Gasteiger partial charge in [0.25, 0.3) is 0 Å². The van der Waals surface area contributed by atoms with Crippen molar-refractivity contribution < 1.29 is 18.9 Å². The first-order valence-corrected chi connectivity index (χ1v) is 7.70. The predicted octanol–water partition coefficient (Wildman–Crippen LogP) is 2.89. The summed E-state index contributed by atoms with van der Waals surface area (Å²) in [6, 6.07) is 12.3. The summed E-state index contributed by atoms with van der Waals surface area (Å²) in [5, 5.41) is 15.6. The average molecular weight is 357 g/mol. The molecule has 7 nitrogen and oxygen atoms in total. The Hall–Kier alpha value is -3.55. The van der Waals surface area contributed by atoms with Crippen LogP contribution in [-0.2, 0) is 9.59 Å². The molecule has 0 aromatic heterocycles. The summed E-state index contributed by atoms with van der Waals surface area (Å²) in [5.74, 6) is -1.79. The van der Waals surface area contributed by atoms with Gasteiger partial charge in [-0.25, -0.2) is 0 Å². The predicted molar refractivity (Wildman–Crippen MR) is 94.8 cm³/mol. The van der Waals surface area contributed by atoms with Gasteiger partial charge in [-0.15, -0.1) is 0 Å². The van der Waals surface area contributed by atoms with Crippen molar-refractivity contribution in [3.63, 3.8) is 0 Å². The van der Waals surface area contributed by atoms with Crippen LogP contribution in [0.2, 0.25) is 0 Å². The van der Waals surface area contributed by atoms with Crippen LogP contribution in [0.4, 0.5) is 15.8 Å². The molecule has 0 aliphatic rings. The molecule has 2 aromatic carbocycles. The van der Waals surface area contributed by atoms with E-state index in [1.165, 1.54) is 12.1 Å². The van der Waals surface area contributed by atoms with Crippen molar-refractivity contribution in [3.05, 3.63) is 76.1 Å². The Kier molecular flexibility index (Phi) is 6.55. The Morgan fingerprint density at radius 3 is 2.58 bits per heavy atom. The number of carbonyl (C=O) groups is 2. The molecule has 2 N–H and O–H groups in total. The van der Waals surface area contributed by atoms with Gasteiger partial charge < -0.3 is 10.6 Å². The molecular weight excluding hydrogens is 341 g/mol. The number of carbonyl (C=O) groups excluding carboxylic acids is 2. The summed E-state index contributed by atoms with van der Waals surface area (Å²) in [6.45, 7) is 0.0904. The van der Waals surface area contributed by atoms with Gasteiger partial charge in [-0.2, -0.15) is 4.39 Å². The molecule has 0 heterocycles. The first-order chi connectivity index (χ1) is 12.5. The number of benzene rings is 2. The van der Waals surface area contributed by atoms with Gasteiger partial charge >= 0.3 is 5.69 Å². The average Bonchev–Trinajstić information content (AvgIpc) is 2.62. The third-order valence-corrected chi connectivity index (χ3v) is 3.30. The van der Waals surface area contributed by atoms with E-state index in [9.17, 15) is 24.1 Å². The highest BCUT2D eigenvalue weighted by Crippen LogP contribution is 2.21. The van der Waals surface area contributed by atoms with Gasteiger partial charge in [-0.3, -0.25) is 19.7 Å². The smallest absolute Gasteiger partial charge is 0.306 e. The molecule has 2 rings (SSSR count). The maximum absolute atomic E-state index is 13.2. The minimum atomic E-state index is -0.981. The van der Waals surface area contributed by atoms with Crippen molar-refractivity contribution in [2.75, 3.05) is 11.9 Å². The Bertz CT molecular complexity index is 838. The zero-order chi connectivity index (χ0) is 18.9. The number of rotatable bonds is 7. The molecule has 8 heteroatoms. The Labute approximate surface area is 148 Å². The molecule has 134 valence electrons. The van der Waals surface area contributed by atoms with Gasteiger partial charge in [0.2, 0.25) is 17.6 Å². The van der Waals surface area contributed by atoms with Gasteiger partial charge in [0.05, 0.1) is 4.92 Å². The Morgan fingerprint density at radius 2 is 1.88 bits per heavy atom. The van der Waals surface area contributed by atoms with Crippen LogP contribution in [0.25, 0.3) is 6.08 Å². The van der Waals surface area contributed by atoms with Gasteiger partial charge in [-0.05, 0) is 23.8 Å². The second-order valence-corrected chi connectivity index (χ2v) is 5.26. The number of nitro benzene ring substituents is 1. The molecule has 26 heavy (non-hydrogen) atoms. The van der Waals surface area contributed by atoms with Crippen molar-refractivity contribution in [1.82, 2.24) is 5.32 Å². The SMILES string of the molecule is O=C(C=Cc1ccccc1)NCCC(=O)Nc1ccc(F)c([N+](=O)[O-])c1.